The molecule has 0 bridgehead atoms. The van der Waals surface area contributed by atoms with Crippen molar-refractivity contribution in [3.63, 3.8) is 0 Å². The second-order valence-electron chi connectivity index (χ2n) is 7.82. The topological polar surface area (TPSA) is 50.4 Å². The van der Waals surface area contributed by atoms with Gasteiger partial charge in [-0.2, -0.15) is 0 Å². The standard InChI is InChI=1S/C24H28N2O2S2/c1-4-28-19-8-6-5-7-18(19)26-23(27)22-17-10-9-15(2)13-20(17)30-24(22)25-14-21-16(3)11-12-29-21/h5-8,11-12,15,25H,4,9-10,13-14H2,1-3H3,(H,26,27)/t15-/m1/s1. The molecule has 1 amide bonds. The summed E-state index contributed by atoms with van der Waals surface area (Å²) in [5, 5.41) is 9.78. The van der Waals surface area contributed by atoms with Crippen molar-refractivity contribution in [1.29, 1.82) is 0 Å². The Morgan fingerprint density at radius 1 is 1.27 bits per heavy atom. The number of fused-ring (bicyclic) bond motifs is 1. The fourth-order valence-corrected chi connectivity index (χ4v) is 6.15. The molecule has 6 heteroatoms. The number of nitrogens with one attached hydrogen (secondary N) is 2. The Bertz CT molecular complexity index is 1040. The van der Waals surface area contributed by atoms with Crippen LogP contribution in [-0.2, 0) is 19.4 Å². The van der Waals surface area contributed by atoms with Gasteiger partial charge < -0.3 is 15.4 Å². The highest BCUT2D eigenvalue weighted by Gasteiger charge is 2.28. The number of benzene rings is 1. The number of hydrogen-bond donors (Lipinski definition) is 2. The molecule has 30 heavy (non-hydrogen) atoms. The number of amides is 1. The number of carbonyl (C=O) groups excluding carboxylic acids is 1. The van der Waals surface area contributed by atoms with Gasteiger partial charge in [0.2, 0.25) is 0 Å². The molecule has 2 N–H and O–H groups in total. The lowest BCUT2D eigenvalue weighted by molar-refractivity contribution is 0.102. The van der Waals surface area contributed by atoms with Gasteiger partial charge in [-0.25, -0.2) is 0 Å². The number of hydrogen-bond acceptors (Lipinski definition) is 5. The van der Waals surface area contributed by atoms with Gasteiger partial charge in [0.15, 0.2) is 0 Å². The highest BCUT2D eigenvalue weighted by Crippen LogP contribution is 2.40. The first kappa shape index (κ1) is 20.9. The summed E-state index contributed by atoms with van der Waals surface area (Å²) < 4.78 is 5.70. The Morgan fingerprint density at radius 2 is 2.10 bits per heavy atom. The predicted octanol–water partition coefficient (Wildman–Crippen LogP) is 6.51. The van der Waals surface area contributed by atoms with E-state index in [1.807, 2.05) is 31.2 Å². The number of thiophene rings is 2. The van der Waals surface area contributed by atoms with E-state index in [4.69, 9.17) is 4.74 Å². The third kappa shape index (κ3) is 4.40. The molecule has 2 aromatic heterocycles. The van der Waals surface area contributed by atoms with E-state index in [1.54, 1.807) is 22.7 Å². The summed E-state index contributed by atoms with van der Waals surface area (Å²) in [7, 11) is 0. The predicted molar refractivity (Wildman–Crippen MR) is 127 cm³/mol. The van der Waals surface area contributed by atoms with Gasteiger partial charge in [-0.3, -0.25) is 4.79 Å². The van der Waals surface area contributed by atoms with E-state index in [9.17, 15) is 4.79 Å². The third-order valence-electron chi connectivity index (χ3n) is 5.55. The Kier molecular flexibility index (Phi) is 6.44. The quantitative estimate of drug-likeness (QED) is 0.440. The molecule has 4 rings (SSSR count). The number of rotatable bonds is 7. The van der Waals surface area contributed by atoms with Crippen LogP contribution in [0.25, 0.3) is 0 Å². The molecule has 0 saturated heterocycles. The number of aryl methyl sites for hydroxylation is 1. The fourth-order valence-electron chi connectivity index (χ4n) is 3.90. The first-order valence-corrected chi connectivity index (χ1v) is 12.2. The van der Waals surface area contributed by atoms with E-state index in [0.29, 0.717) is 24.0 Å². The van der Waals surface area contributed by atoms with Crippen molar-refractivity contribution in [2.24, 2.45) is 5.92 Å². The van der Waals surface area contributed by atoms with E-state index < -0.39 is 0 Å². The van der Waals surface area contributed by atoms with Gasteiger partial charge >= 0.3 is 0 Å². The van der Waals surface area contributed by atoms with Crippen molar-refractivity contribution in [3.05, 3.63) is 62.2 Å². The van der Waals surface area contributed by atoms with Crippen LogP contribution < -0.4 is 15.4 Å². The molecule has 0 radical (unpaired) electrons. The number of ether oxygens (including phenoxy) is 1. The van der Waals surface area contributed by atoms with Gasteiger partial charge in [-0.1, -0.05) is 19.1 Å². The second kappa shape index (κ2) is 9.23. The van der Waals surface area contributed by atoms with Crippen molar-refractivity contribution in [2.45, 2.75) is 46.6 Å². The molecule has 0 unspecified atom stereocenters. The summed E-state index contributed by atoms with van der Waals surface area (Å²) in [5.74, 6) is 1.31. The highest BCUT2D eigenvalue weighted by molar-refractivity contribution is 7.16. The Balaban J connectivity index is 1.63. The van der Waals surface area contributed by atoms with Crippen molar-refractivity contribution in [2.75, 3.05) is 17.2 Å². The average molecular weight is 441 g/mol. The largest absolute Gasteiger partial charge is 0.492 e. The van der Waals surface area contributed by atoms with E-state index in [1.165, 1.54) is 20.9 Å². The number of para-hydroxylation sites is 2. The van der Waals surface area contributed by atoms with Gasteiger partial charge in [-0.05, 0) is 73.7 Å². The van der Waals surface area contributed by atoms with Gasteiger partial charge in [-0.15, -0.1) is 22.7 Å². The number of carbonyl (C=O) groups is 1. The van der Waals surface area contributed by atoms with Crippen molar-refractivity contribution in [1.82, 2.24) is 0 Å². The molecule has 4 nitrogen and oxygen atoms in total. The molecule has 0 aliphatic heterocycles. The van der Waals surface area contributed by atoms with E-state index in [2.05, 4.69) is 35.9 Å². The summed E-state index contributed by atoms with van der Waals surface area (Å²) in [6.45, 7) is 7.68. The summed E-state index contributed by atoms with van der Waals surface area (Å²) >= 11 is 3.50. The Hall–Kier alpha value is -2.31. The van der Waals surface area contributed by atoms with E-state index in [-0.39, 0.29) is 5.91 Å². The maximum absolute atomic E-state index is 13.4. The molecule has 1 aliphatic rings. The molecule has 1 aromatic carbocycles. The summed E-state index contributed by atoms with van der Waals surface area (Å²) in [6, 6.07) is 9.77. The first-order chi connectivity index (χ1) is 14.6. The Labute approximate surface area is 186 Å². The van der Waals surface area contributed by atoms with Gasteiger partial charge in [0, 0.05) is 9.75 Å². The lowest BCUT2D eigenvalue weighted by Crippen LogP contribution is -2.18. The minimum atomic E-state index is -0.0559. The lowest BCUT2D eigenvalue weighted by atomic mass is 9.88. The van der Waals surface area contributed by atoms with Crippen LogP contribution >= 0.6 is 22.7 Å². The molecule has 158 valence electrons. The second-order valence-corrected chi connectivity index (χ2v) is 9.93. The van der Waals surface area contributed by atoms with E-state index >= 15 is 0 Å². The van der Waals surface area contributed by atoms with Crippen LogP contribution in [0.15, 0.2) is 35.7 Å². The Morgan fingerprint density at radius 3 is 2.87 bits per heavy atom. The normalized spacial score (nSPS) is 15.5. The van der Waals surface area contributed by atoms with Crippen LogP contribution in [0.5, 0.6) is 5.75 Å². The first-order valence-electron chi connectivity index (χ1n) is 10.5. The van der Waals surface area contributed by atoms with E-state index in [0.717, 1.165) is 36.4 Å². The minimum Gasteiger partial charge on any atom is -0.492 e. The van der Waals surface area contributed by atoms with Crippen LogP contribution in [0.1, 0.15) is 51.5 Å². The monoisotopic (exact) mass is 440 g/mol. The third-order valence-corrected chi connectivity index (χ3v) is 7.79. The smallest absolute Gasteiger partial charge is 0.259 e. The average Bonchev–Trinajstić information content (AvgIpc) is 3.30. The molecule has 1 aliphatic carbocycles. The highest BCUT2D eigenvalue weighted by atomic mass is 32.1. The maximum atomic E-state index is 13.4. The zero-order chi connectivity index (χ0) is 21.1. The lowest BCUT2D eigenvalue weighted by Gasteiger charge is -2.19. The van der Waals surface area contributed by atoms with Crippen LogP contribution in [-0.4, -0.2) is 12.5 Å². The fraction of sp³-hybridized carbons (Fsp3) is 0.375. The van der Waals surface area contributed by atoms with Gasteiger partial charge in [0.1, 0.15) is 10.8 Å². The molecule has 0 fully saturated rings. The van der Waals surface area contributed by atoms with Crippen LogP contribution in [0.4, 0.5) is 10.7 Å². The number of anilines is 2. The van der Waals surface area contributed by atoms with Crippen LogP contribution in [0, 0.1) is 12.8 Å². The zero-order valence-electron chi connectivity index (χ0n) is 17.7. The molecule has 0 spiro atoms. The van der Waals surface area contributed by atoms with Crippen molar-refractivity contribution in [3.8, 4) is 5.75 Å². The molecular formula is C24H28N2O2S2. The van der Waals surface area contributed by atoms with Gasteiger partial charge in [0.25, 0.3) is 5.91 Å². The van der Waals surface area contributed by atoms with Gasteiger partial charge in [0.05, 0.1) is 24.4 Å². The molecule has 1 atom stereocenters. The molecule has 2 heterocycles. The van der Waals surface area contributed by atoms with Crippen molar-refractivity contribution >= 4 is 39.3 Å². The summed E-state index contributed by atoms with van der Waals surface area (Å²) in [6.07, 6.45) is 3.14. The maximum Gasteiger partial charge on any atom is 0.259 e. The summed E-state index contributed by atoms with van der Waals surface area (Å²) in [5.41, 5.74) is 4.03. The molecule has 0 saturated carbocycles. The molecule has 3 aromatic rings. The SMILES string of the molecule is CCOc1ccccc1NC(=O)c1c(NCc2sccc2C)sc2c1CC[C@@H](C)C2. The van der Waals surface area contributed by atoms with Crippen LogP contribution in [0.2, 0.25) is 0 Å². The van der Waals surface area contributed by atoms with Crippen molar-refractivity contribution < 1.29 is 9.53 Å². The minimum absolute atomic E-state index is 0.0559. The van der Waals surface area contributed by atoms with Crippen LogP contribution in [0.3, 0.4) is 0 Å². The zero-order valence-corrected chi connectivity index (χ0v) is 19.3. The summed E-state index contributed by atoms with van der Waals surface area (Å²) in [4.78, 5) is 16.1. The molecular weight excluding hydrogens is 412 g/mol.